The minimum absolute atomic E-state index is 0.391. The quantitative estimate of drug-likeness (QED) is 0.272. The Balaban J connectivity index is 1.36. The summed E-state index contributed by atoms with van der Waals surface area (Å²) in [7, 11) is 3.10. The molecule has 0 fully saturated rings. The monoisotopic (exact) mass is 471 g/mol. The fourth-order valence-electron chi connectivity index (χ4n) is 3.19. The number of pyridine rings is 1. The number of hydrogen-bond donors (Lipinski definition) is 4. The van der Waals surface area contributed by atoms with Crippen LogP contribution in [0.4, 0.5) is 39.3 Å². The van der Waals surface area contributed by atoms with Crippen molar-refractivity contribution in [1.82, 2.24) is 15.0 Å². The first-order valence-electron chi connectivity index (χ1n) is 10.7. The van der Waals surface area contributed by atoms with Crippen molar-refractivity contribution in [2.75, 3.05) is 35.5 Å². The summed E-state index contributed by atoms with van der Waals surface area (Å²) in [5, 5.41) is 11.9. The molecule has 0 unspecified atom stereocenters. The highest BCUT2D eigenvalue weighted by Gasteiger charge is 2.07. The van der Waals surface area contributed by atoms with E-state index in [1.807, 2.05) is 31.2 Å². The van der Waals surface area contributed by atoms with Gasteiger partial charge in [0.15, 0.2) is 0 Å². The van der Waals surface area contributed by atoms with Crippen molar-refractivity contribution in [2.24, 2.45) is 0 Å². The zero-order chi connectivity index (χ0) is 24.6. The van der Waals surface area contributed by atoms with Crippen LogP contribution < -0.4 is 30.7 Å². The summed E-state index contributed by atoms with van der Waals surface area (Å²) < 4.78 is 10.5. The first-order valence-corrected chi connectivity index (χ1v) is 10.7. The third-order valence-corrected chi connectivity index (χ3v) is 4.86. The molecule has 10 nitrogen and oxygen atoms in total. The number of nitrogens with zero attached hydrogens (tertiary/aromatic N) is 3. The van der Waals surface area contributed by atoms with Crippen LogP contribution in [0, 0.1) is 6.92 Å². The minimum atomic E-state index is -0.391. The number of carbonyl (C=O) groups excluding carboxylic acids is 1. The van der Waals surface area contributed by atoms with Crippen LogP contribution >= 0.6 is 0 Å². The van der Waals surface area contributed by atoms with E-state index < -0.39 is 6.03 Å². The third kappa shape index (κ3) is 6.57. The molecule has 2 aromatic heterocycles. The number of nitrogens with one attached hydrogen (secondary N) is 4. The molecule has 4 N–H and O–H groups in total. The van der Waals surface area contributed by atoms with Crippen molar-refractivity contribution in [2.45, 2.75) is 6.92 Å². The van der Waals surface area contributed by atoms with Gasteiger partial charge in [0.2, 0.25) is 0 Å². The fraction of sp³-hybridized carbons (Fsp3) is 0.120. The number of benzene rings is 2. The largest absolute Gasteiger partial charge is 0.497 e. The van der Waals surface area contributed by atoms with Crippen LogP contribution in [0.15, 0.2) is 73.2 Å². The Morgan fingerprint density at radius 1 is 0.686 bits per heavy atom. The molecule has 0 spiro atoms. The topological polar surface area (TPSA) is 122 Å². The first kappa shape index (κ1) is 23.3. The van der Waals surface area contributed by atoms with E-state index in [1.54, 1.807) is 56.8 Å². The van der Waals surface area contributed by atoms with Crippen LogP contribution in [0.25, 0.3) is 0 Å². The van der Waals surface area contributed by atoms with Crippen LogP contribution in [0.2, 0.25) is 0 Å². The Morgan fingerprint density at radius 2 is 1.29 bits per heavy atom. The van der Waals surface area contributed by atoms with E-state index in [1.165, 1.54) is 6.33 Å². The molecule has 0 saturated heterocycles. The molecule has 2 heterocycles. The molecule has 2 amide bonds. The maximum absolute atomic E-state index is 12.4. The van der Waals surface area contributed by atoms with Gasteiger partial charge in [-0.3, -0.25) is 0 Å². The highest BCUT2D eigenvalue weighted by molar-refractivity contribution is 6.00. The van der Waals surface area contributed by atoms with Gasteiger partial charge in [0, 0.05) is 47.5 Å². The second-order valence-corrected chi connectivity index (χ2v) is 7.51. The van der Waals surface area contributed by atoms with Gasteiger partial charge in [-0.05, 0) is 48.9 Å². The van der Waals surface area contributed by atoms with E-state index in [-0.39, 0.29) is 0 Å². The molecule has 10 heteroatoms. The summed E-state index contributed by atoms with van der Waals surface area (Å²) in [5.41, 5.74) is 3.07. The lowest BCUT2D eigenvalue weighted by atomic mass is 10.2. The van der Waals surface area contributed by atoms with Crippen molar-refractivity contribution in [3.05, 3.63) is 78.8 Å². The number of urea groups is 1. The molecule has 35 heavy (non-hydrogen) atoms. The minimum Gasteiger partial charge on any atom is -0.497 e. The van der Waals surface area contributed by atoms with Gasteiger partial charge in [0.05, 0.1) is 14.2 Å². The molecule has 0 atom stereocenters. The average molecular weight is 472 g/mol. The third-order valence-electron chi connectivity index (χ3n) is 4.86. The average Bonchev–Trinajstić information content (AvgIpc) is 2.85. The summed E-state index contributed by atoms with van der Waals surface area (Å²) in [4.78, 5) is 25.2. The SMILES string of the molecule is COc1cc(NC(=O)Nc2ccc(Nc3cc(Nc4cc(C)ccn4)ncn3)cc2)cc(OC)c1. The second-order valence-electron chi connectivity index (χ2n) is 7.51. The molecule has 178 valence electrons. The predicted octanol–water partition coefficient (Wildman–Crippen LogP) is 5.33. The van der Waals surface area contributed by atoms with E-state index in [4.69, 9.17) is 9.47 Å². The zero-order valence-corrected chi connectivity index (χ0v) is 19.5. The number of rotatable bonds is 8. The summed E-state index contributed by atoms with van der Waals surface area (Å²) in [5.74, 6) is 3.09. The molecule has 0 aliphatic heterocycles. The summed E-state index contributed by atoms with van der Waals surface area (Å²) in [6.45, 7) is 2.00. The Labute approximate surface area is 202 Å². The van der Waals surface area contributed by atoms with Gasteiger partial charge in [-0.1, -0.05) is 0 Å². The van der Waals surface area contributed by atoms with Crippen molar-refractivity contribution in [3.8, 4) is 11.5 Å². The number of methoxy groups -OCH3 is 2. The Bertz CT molecular complexity index is 1290. The summed E-state index contributed by atoms with van der Waals surface area (Å²) in [6, 6.07) is 17.6. The lowest BCUT2D eigenvalue weighted by molar-refractivity contribution is 0.262. The maximum atomic E-state index is 12.4. The Kier molecular flexibility index (Phi) is 7.22. The van der Waals surface area contributed by atoms with Gasteiger partial charge in [-0.25, -0.2) is 19.7 Å². The summed E-state index contributed by atoms with van der Waals surface area (Å²) in [6.07, 6.45) is 3.20. The van der Waals surface area contributed by atoms with Crippen molar-refractivity contribution < 1.29 is 14.3 Å². The molecule has 0 radical (unpaired) electrons. The number of anilines is 6. The number of aromatic nitrogens is 3. The van der Waals surface area contributed by atoms with E-state index in [0.29, 0.717) is 40.3 Å². The van der Waals surface area contributed by atoms with Crippen LogP contribution in [0.1, 0.15) is 5.56 Å². The Morgan fingerprint density at radius 3 is 1.94 bits per heavy atom. The Hall–Kier alpha value is -4.86. The second kappa shape index (κ2) is 10.8. The van der Waals surface area contributed by atoms with Crippen molar-refractivity contribution >= 4 is 40.5 Å². The maximum Gasteiger partial charge on any atom is 0.323 e. The van der Waals surface area contributed by atoms with Crippen LogP contribution in [0.3, 0.4) is 0 Å². The highest BCUT2D eigenvalue weighted by atomic mass is 16.5. The lowest BCUT2D eigenvalue weighted by Crippen LogP contribution is -2.19. The molecule has 0 aliphatic rings. The molecule has 0 aliphatic carbocycles. The van der Waals surface area contributed by atoms with Crippen LogP contribution in [-0.2, 0) is 0 Å². The van der Waals surface area contributed by atoms with E-state index >= 15 is 0 Å². The number of carbonyl (C=O) groups is 1. The van der Waals surface area contributed by atoms with Gasteiger partial charge < -0.3 is 30.7 Å². The molecular formula is C25H25N7O3. The fourth-order valence-corrected chi connectivity index (χ4v) is 3.19. The van der Waals surface area contributed by atoms with Gasteiger partial charge >= 0.3 is 6.03 Å². The normalized spacial score (nSPS) is 10.3. The molecule has 2 aromatic carbocycles. The highest BCUT2D eigenvalue weighted by Crippen LogP contribution is 2.26. The van der Waals surface area contributed by atoms with Crippen LogP contribution in [-0.4, -0.2) is 35.2 Å². The van der Waals surface area contributed by atoms with Crippen molar-refractivity contribution in [1.29, 1.82) is 0 Å². The van der Waals surface area contributed by atoms with Gasteiger partial charge in [0.1, 0.15) is 35.3 Å². The van der Waals surface area contributed by atoms with Gasteiger partial charge in [0.25, 0.3) is 0 Å². The summed E-state index contributed by atoms with van der Waals surface area (Å²) >= 11 is 0. The number of ether oxygens (including phenoxy) is 2. The molecule has 4 aromatic rings. The molecular weight excluding hydrogens is 446 g/mol. The first-order chi connectivity index (χ1) is 17.0. The standard InChI is InChI=1S/C25H25N7O3/c1-16-8-9-26-22(10-16)32-24-14-23(27-15-28-24)29-17-4-6-18(7-5-17)30-25(33)31-19-11-20(34-2)13-21(12-19)35-3/h4-15H,1-3H3,(H2,30,31,33)(H2,26,27,28,29,32). The van der Waals surface area contributed by atoms with E-state index in [2.05, 4.69) is 36.2 Å². The van der Waals surface area contributed by atoms with E-state index in [0.717, 1.165) is 11.3 Å². The number of amides is 2. The van der Waals surface area contributed by atoms with Gasteiger partial charge in [-0.15, -0.1) is 0 Å². The van der Waals surface area contributed by atoms with Crippen molar-refractivity contribution in [3.63, 3.8) is 0 Å². The molecule has 0 saturated carbocycles. The predicted molar refractivity (Wildman–Crippen MR) is 136 cm³/mol. The molecule has 0 bridgehead atoms. The number of hydrogen-bond acceptors (Lipinski definition) is 8. The molecule has 4 rings (SSSR count). The smallest absolute Gasteiger partial charge is 0.323 e. The van der Waals surface area contributed by atoms with Gasteiger partial charge in [-0.2, -0.15) is 0 Å². The lowest BCUT2D eigenvalue weighted by Gasteiger charge is -2.12. The van der Waals surface area contributed by atoms with E-state index in [9.17, 15) is 4.79 Å². The van der Waals surface area contributed by atoms with Crippen LogP contribution in [0.5, 0.6) is 11.5 Å². The number of aryl methyl sites for hydroxylation is 1. The zero-order valence-electron chi connectivity index (χ0n) is 19.5.